The molecule has 31 heavy (non-hydrogen) atoms. The van der Waals surface area contributed by atoms with E-state index in [0.29, 0.717) is 16.0 Å². The molecule has 160 valence electrons. The van der Waals surface area contributed by atoms with E-state index in [1.807, 2.05) is 28.9 Å². The molecule has 0 bridgehead atoms. The van der Waals surface area contributed by atoms with E-state index in [1.165, 1.54) is 0 Å². The topological polar surface area (TPSA) is 43.6 Å². The van der Waals surface area contributed by atoms with Gasteiger partial charge in [0.1, 0.15) is 10.7 Å². The van der Waals surface area contributed by atoms with Crippen LogP contribution in [0.2, 0.25) is 10.0 Å². The Morgan fingerprint density at radius 1 is 1.06 bits per heavy atom. The van der Waals surface area contributed by atoms with E-state index in [9.17, 15) is 0 Å². The zero-order chi connectivity index (χ0) is 22.1. The molecule has 0 aliphatic heterocycles. The van der Waals surface area contributed by atoms with Crippen molar-refractivity contribution in [2.45, 2.75) is 39.5 Å². The molecule has 0 radical (unpaired) electrons. The second kappa shape index (κ2) is 9.41. The van der Waals surface area contributed by atoms with Crippen molar-refractivity contribution in [2.75, 3.05) is 0 Å². The fourth-order valence-corrected chi connectivity index (χ4v) is 5.14. The Morgan fingerprint density at radius 2 is 1.81 bits per heavy atom. The van der Waals surface area contributed by atoms with Crippen LogP contribution in [0.3, 0.4) is 0 Å². The van der Waals surface area contributed by atoms with Gasteiger partial charge in [-0.15, -0.1) is 10.2 Å². The summed E-state index contributed by atoms with van der Waals surface area (Å²) < 4.78 is 2.92. The second-order valence-electron chi connectivity index (χ2n) is 7.30. The molecule has 0 amide bonds. The summed E-state index contributed by atoms with van der Waals surface area (Å²) in [6.45, 7) is 6.46. The van der Waals surface area contributed by atoms with Crippen LogP contribution in [-0.2, 0) is 6.42 Å². The van der Waals surface area contributed by atoms with E-state index in [2.05, 4.69) is 59.0 Å². The molecule has 0 aliphatic rings. The van der Waals surface area contributed by atoms with Gasteiger partial charge < -0.3 is 0 Å². The van der Waals surface area contributed by atoms with E-state index in [0.717, 1.165) is 55.5 Å². The van der Waals surface area contributed by atoms with Gasteiger partial charge in [0.2, 0.25) is 0 Å². The predicted molar refractivity (Wildman–Crippen MR) is 134 cm³/mol. The summed E-state index contributed by atoms with van der Waals surface area (Å²) in [5.41, 5.74) is 4.78. The van der Waals surface area contributed by atoms with Crippen LogP contribution < -0.4 is 0 Å². The van der Waals surface area contributed by atoms with Gasteiger partial charge in [-0.1, -0.05) is 83.4 Å². The summed E-state index contributed by atoms with van der Waals surface area (Å²) in [4.78, 5) is 0. The third-order valence-electron chi connectivity index (χ3n) is 5.27. The molecule has 2 heterocycles. The molecule has 2 aromatic carbocycles. The lowest BCUT2D eigenvalue weighted by Gasteiger charge is -2.11. The molecule has 1 unspecified atom stereocenters. The Labute approximate surface area is 204 Å². The van der Waals surface area contributed by atoms with Gasteiger partial charge in [-0.3, -0.25) is 0 Å². The molecule has 0 N–H and O–H groups in total. The summed E-state index contributed by atoms with van der Waals surface area (Å²) in [6.07, 6.45) is 1.82. The Hall–Kier alpha value is -1.73. The highest BCUT2D eigenvalue weighted by Crippen LogP contribution is 2.38. The van der Waals surface area contributed by atoms with E-state index in [1.54, 1.807) is 17.4 Å². The SMILES string of the molecule is CCc1c(-c2nnc(C(C)CC)s2)nn(-c2ccc(Cl)cc2Cl)c1-c1ccc(Br)cc1. The summed E-state index contributed by atoms with van der Waals surface area (Å²) in [5, 5.41) is 16.9. The minimum atomic E-state index is 0.370. The lowest BCUT2D eigenvalue weighted by Crippen LogP contribution is -2.01. The molecule has 0 saturated carbocycles. The number of hydrogen-bond donors (Lipinski definition) is 0. The highest BCUT2D eigenvalue weighted by Gasteiger charge is 2.24. The first-order valence-electron chi connectivity index (χ1n) is 10.1. The zero-order valence-corrected chi connectivity index (χ0v) is 21.3. The Balaban J connectivity index is 1.97. The normalized spacial score (nSPS) is 12.3. The van der Waals surface area contributed by atoms with Crippen molar-refractivity contribution in [2.24, 2.45) is 0 Å². The largest absolute Gasteiger partial charge is 0.231 e. The Bertz CT molecular complexity index is 1220. The van der Waals surface area contributed by atoms with E-state index < -0.39 is 0 Å². The standard InChI is InChI=1S/C23H21BrCl2N4S/c1-4-13(3)22-27-28-23(31-22)20-17(5-2)21(14-6-8-15(24)9-7-14)30(29-20)19-11-10-16(25)12-18(19)26/h6-13H,4-5H2,1-3H3. The Morgan fingerprint density at radius 3 is 2.45 bits per heavy atom. The number of aromatic nitrogens is 4. The molecule has 0 fully saturated rings. The molecule has 0 spiro atoms. The average molecular weight is 536 g/mol. The second-order valence-corrected chi connectivity index (χ2v) is 10.1. The highest BCUT2D eigenvalue weighted by molar-refractivity contribution is 9.10. The fourth-order valence-electron chi connectivity index (χ4n) is 3.39. The Kier molecular flexibility index (Phi) is 6.82. The van der Waals surface area contributed by atoms with Crippen molar-refractivity contribution in [3.8, 4) is 27.6 Å². The summed E-state index contributed by atoms with van der Waals surface area (Å²) in [7, 11) is 0. The molecule has 1 atom stereocenters. The van der Waals surface area contributed by atoms with Crippen LogP contribution in [0.4, 0.5) is 0 Å². The van der Waals surface area contributed by atoms with Gasteiger partial charge in [0.25, 0.3) is 0 Å². The molecular formula is C23H21BrCl2N4S. The molecule has 4 nitrogen and oxygen atoms in total. The van der Waals surface area contributed by atoms with Crippen LogP contribution in [0.5, 0.6) is 0 Å². The van der Waals surface area contributed by atoms with Gasteiger partial charge in [0.05, 0.1) is 16.4 Å². The number of nitrogens with zero attached hydrogens (tertiary/aromatic N) is 4. The van der Waals surface area contributed by atoms with Crippen molar-refractivity contribution in [1.29, 1.82) is 0 Å². The molecule has 0 saturated heterocycles. The molecule has 4 rings (SSSR count). The third kappa shape index (κ3) is 4.44. The molecule has 4 aromatic rings. The van der Waals surface area contributed by atoms with Crippen molar-refractivity contribution in [1.82, 2.24) is 20.0 Å². The lowest BCUT2D eigenvalue weighted by molar-refractivity contribution is 0.715. The van der Waals surface area contributed by atoms with Crippen LogP contribution in [0, 0.1) is 0 Å². The quantitative estimate of drug-likeness (QED) is 0.250. The number of halogens is 3. The van der Waals surface area contributed by atoms with Crippen LogP contribution in [-0.4, -0.2) is 20.0 Å². The van der Waals surface area contributed by atoms with Gasteiger partial charge in [0.15, 0.2) is 5.01 Å². The fraction of sp³-hybridized carbons (Fsp3) is 0.261. The van der Waals surface area contributed by atoms with Gasteiger partial charge in [-0.05, 0) is 43.2 Å². The van der Waals surface area contributed by atoms with Crippen molar-refractivity contribution >= 4 is 50.5 Å². The van der Waals surface area contributed by atoms with Gasteiger partial charge in [-0.2, -0.15) is 5.10 Å². The van der Waals surface area contributed by atoms with Gasteiger partial charge in [0, 0.05) is 26.5 Å². The van der Waals surface area contributed by atoms with Gasteiger partial charge >= 0.3 is 0 Å². The first kappa shape index (κ1) is 22.5. The van der Waals surface area contributed by atoms with Crippen molar-refractivity contribution < 1.29 is 0 Å². The minimum Gasteiger partial charge on any atom is -0.231 e. The minimum absolute atomic E-state index is 0.370. The maximum absolute atomic E-state index is 6.59. The molecule has 2 aromatic heterocycles. The summed E-state index contributed by atoms with van der Waals surface area (Å²) in [6, 6.07) is 13.7. The zero-order valence-electron chi connectivity index (χ0n) is 17.4. The van der Waals surface area contributed by atoms with Crippen LogP contribution >= 0.6 is 50.5 Å². The number of hydrogen-bond acceptors (Lipinski definition) is 4. The average Bonchev–Trinajstić information content (AvgIpc) is 3.38. The first-order valence-corrected chi connectivity index (χ1v) is 12.5. The summed E-state index contributed by atoms with van der Waals surface area (Å²) >= 11 is 17.9. The van der Waals surface area contributed by atoms with Crippen LogP contribution in [0.1, 0.15) is 43.7 Å². The maximum atomic E-state index is 6.59. The monoisotopic (exact) mass is 534 g/mol. The number of benzene rings is 2. The lowest BCUT2D eigenvalue weighted by atomic mass is 10.0. The maximum Gasteiger partial charge on any atom is 0.168 e. The van der Waals surface area contributed by atoms with E-state index in [4.69, 9.17) is 28.3 Å². The van der Waals surface area contributed by atoms with Crippen molar-refractivity contribution in [3.05, 3.63) is 67.6 Å². The molecule has 8 heteroatoms. The van der Waals surface area contributed by atoms with E-state index in [-0.39, 0.29) is 0 Å². The van der Waals surface area contributed by atoms with Crippen molar-refractivity contribution in [3.63, 3.8) is 0 Å². The van der Waals surface area contributed by atoms with Crippen LogP contribution in [0.15, 0.2) is 46.9 Å². The van der Waals surface area contributed by atoms with Gasteiger partial charge in [-0.25, -0.2) is 4.68 Å². The molecule has 0 aliphatic carbocycles. The highest BCUT2D eigenvalue weighted by atomic mass is 79.9. The predicted octanol–water partition coefficient (Wildman–Crippen LogP) is 8.20. The molecular weight excluding hydrogens is 515 g/mol. The third-order valence-corrected chi connectivity index (χ3v) is 7.50. The number of rotatable bonds is 6. The van der Waals surface area contributed by atoms with E-state index >= 15 is 0 Å². The first-order chi connectivity index (χ1) is 14.9. The summed E-state index contributed by atoms with van der Waals surface area (Å²) in [5.74, 6) is 0.370. The smallest absolute Gasteiger partial charge is 0.168 e. The van der Waals surface area contributed by atoms with Crippen LogP contribution in [0.25, 0.3) is 27.6 Å².